The molecule has 0 bridgehead atoms. The first-order valence-electron chi connectivity index (χ1n) is 8.34. The molecule has 0 aliphatic heterocycles. The highest BCUT2D eigenvalue weighted by Crippen LogP contribution is 2.29. The summed E-state index contributed by atoms with van der Waals surface area (Å²) in [5.74, 6) is 0.796. The number of carbonyl (C=O) groups is 1. The normalized spacial score (nSPS) is 20.8. The van der Waals surface area contributed by atoms with Gasteiger partial charge in [-0.05, 0) is 49.6 Å². The van der Waals surface area contributed by atoms with E-state index in [1.165, 1.54) is 6.42 Å². The molecule has 0 radical (unpaired) electrons. The SMILES string of the molecule is NCC1CCCCC1NC(=O)COc1ccc(Cl)c2cccnc12. The summed E-state index contributed by atoms with van der Waals surface area (Å²) < 4.78 is 5.68. The highest BCUT2D eigenvalue weighted by atomic mass is 35.5. The Morgan fingerprint density at radius 1 is 1.33 bits per heavy atom. The van der Waals surface area contributed by atoms with Crippen molar-refractivity contribution in [3.8, 4) is 5.75 Å². The van der Waals surface area contributed by atoms with Gasteiger partial charge < -0.3 is 15.8 Å². The number of nitrogens with one attached hydrogen (secondary N) is 1. The van der Waals surface area contributed by atoms with Gasteiger partial charge in [0.2, 0.25) is 0 Å². The van der Waals surface area contributed by atoms with Crippen molar-refractivity contribution >= 4 is 28.4 Å². The third-order valence-electron chi connectivity index (χ3n) is 4.60. The van der Waals surface area contributed by atoms with E-state index in [1.807, 2.05) is 12.1 Å². The third-order valence-corrected chi connectivity index (χ3v) is 4.93. The molecule has 1 fully saturated rings. The Kier molecular flexibility index (Phi) is 5.53. The number of ether oxygens (including phenoxy) is 1. The van der Waals surface area contributed by atoms with E-state index < -0.39 is 0 Å². The van der Waals surface area contributed by atoms with E-state index in [0.29, 0.717) is 28.8 Å². The fourth-order valence-electron chi connectivity index (χ4n) is 3.30. The smallest absolute Gasteiger partial charge is 0.258 e. The molecule has 0 spiro atoms. The lowest BCUT2D eigenvalue weighted by molar-refractivity contribution is -0.124. The maximum atomic E-state index is 12.2. The lowest BCUT2D eigenvalue weighted by Gasteiger charge is -2.31. The van der Waals surface area contributed by atoms with Gasteiger partial charge in [-0.25, -0.2) is 0 Å². The highest BCUT2D eigenvalue weighted by molar-refractivity contribution is 6.35. The van der Waals surface area contributed by atoms with Crippen LogP contribution in [0.4, 0.5) is 0 Å². The molecule has 0 saturated heterocycles. The van der Waals surface area contributed by atoms with Gasteiger partial charge in [0.15, 0.2) is 6.61 Å². The van der Waals surface area contributed by atoms with Gasteiger partial charge in [-0.1, -0.05) is 24.4 Å². The highest BCUT2D eigenvalue weighted by Gasteiger charge is 2.25. The molecular formula is C18H22ClN3O2. The van der Waals surface area contributed by atoms with Gasteiger partial charge in [0.05, 0.1) is 5.02 Å². The van der Waals surface area contributed by atoms with E-state index in [2.05, 4.69) is 10.3 Å². The van der Waals surface area contributed by atoms with Crippen LogP contribution in [0.2, 0.25) is 5.02 Å². The van der Waals surface area contributed by atoms with Crippen molar-refractivity contribution in [3.63, 3.8) is 0 Å². The van der Waals surface area contributed by atoms with Crippen LogP contribution in [-0.2, 0) is 4.79 Å². The zero-order chi connectivity index (χ0) is 16.9. The Morgan fingerprint density at radius 2 is 2.17 bits per heavy atom. The third kappa shape index (κ3) is 3.79. The predicted molar refractivity (Wildman–Crippen MR) is 95.2 cm³/mol. The van der Waals surface area contributed by atoms with Crippen molar-refractivity contribution in [1.29, 1.82) is 0 Å². The number of nitrogens with zero attached hydrogens (tertiary/aromatic N) is 1. The second kappa shape index (κ2) is 7.81. The lowest BCUT2D eigenvalue weighted by atomic mass is 9.84. The minimum atomic E-state index is -0.126. The first-order valence-corrected chi connectivity index (χ1v) is 8.72. The number of benzene rings is 1. The molecule has 2 unspecified atom stereocenters. The topological polar surface area (TPSA) is 77.2 Å². The monoisotopic (exact) mass is 347 g/mol. The van der Waals surface area contributed by atoms with Gasteiger partial charge in [-0.2, -0.15) is 0 Å². The van der Waals surface area contributed by atoms with Crippen LogP contribution in [0.15, 0.2) is 30.5 Å². The quantitative estimate of drug-likeness (QED) is 0.871. The molecule has 6 heteroatoms. The largest absolute Gasteiger partial charge is 0.481 e. The van der Waals surface area contributed by atoms with Crippen LogP contribution in [0.25, 0.3) is 10.9 Å². The lowest BCUT2D eigenvalue weighted by Crippen LogP contribution is -2.46. The number of rotatable bonds is 5. The van der Waals surface area contributed by atoms with E-state index >= 15 is 0 Å². The van der Waals surface area contributed by atoms with Crippen LogP contribution in [0, 0.1) is 5.92 Å². The summed E-state index contributed by atoms with van der Waals surface area (Å²) in [7, 11) is 0. The molecule has 5 nitrogen and oxygen atoms in total. The number of amides is 1. The van der Waals surface area contributed by atoms with Gasteiger partial charge in [0.1, 0.15) is 11.3 Å². The second-order valence-corrected chi connectivity index (χ2v) is 6.60. The summed E-state index contributed by atoms with van der Waals surface area (Å²) in [6.45, 7) is 0.568. The maximum Gasteiger partial charge on any atom is 0.258 e. The van der Waals surface area contributed by atoms with Crippen molar-refractivity contribution in [2.24, 2.45) is 11.7 Å². The fraction of sp³-hybridized carbons (Fsp3) is 0.444. The number of pyridine rings is 1. The molecule has 1 aromatic heterocycles. The zero-order valence-electron chi connectivity index (χ0n) is 13.5. The number of carbonyl (C=O) groups excluding carboxylic acids is 1. The molecule has 1 amide bonds. The number of halogens is 1. The van der Waals surface area contributed by atoms with Crippen LogP contribution >= 0.6 is 11.6 Å². The second-order valence-electron chi connectivity index (χ2n) is 6.19. The fourth-order valence-corrected chi connectivity index (χ4v) is 3.52. The van der Waals surface area contributed by atoms with E-state index in [4.69, 9.17) is 22.1 Å². The number of fused-ring (bicyclic) bond motifs is 1. The van der Waals surface area contributed by atoms with Crippen LogP contribution in [0.1, 0.15) is 25.7 Å². The summed E-state index contributed by atoms with van der Waals surface area (Å²) in [5, 5.41) is 4.49. The Hall–Kier alpha value is -1.85. The summed E-state index contributed by atoms with van der Waals surface area (Å²) in [5.41, 5.74) is 6.47. The van der Waals surface area contributed by atoms with Crippen LogP contribution in [0.3, 0.4) is 0 Å². The predicted octanol–water partition coefficient (Wildman–Crippen LogP) is 2.90. The molecule has 128 valence electrons. The van der Waals surface area contributed by atoms with Gasteiger partial charge in [0, 0.05) is 17.6 Å². The number of aromatic nitrogens is 1. The minimum absolute atomic E-state index is 0.0406. The summed E-state index contributed by atoms with van der Waals surface area (Å²) in [6, 6.07) is 7.35. The zero-order valence-corrected chi connectivity index (χ0v) is 14.3. The first-order chi connectivity index (χ1) is 11.7. The molecular weight excluding hydrogens is 326 g/mol. The van der Waals surface area contributed by atoms with Crippen molar-refractivity contribution in [1.82, 2.24) is 10.3 Å². The minimum Gasteiger partial charge on any atom is -0.481 e. The van der Waals surface area contributed by atoms with E-state index in [-0.39, 0.29) is 18.6 Å². The average Bonchev–Trinajstić information content (AvgIpc) is 2.62. The van der Waals surface area contributed by atoms with E-state index in [9.17, 15) is 4.79 Å². The Morgan fingerprint density at radius 3 is 3.00 bits per heavy atom. The summed E-state index contributed by atoms with van der Waals surface area (Å²) >= 11 is 6.17. The Balaban J connectivity index is 1.63. The van der Waals surface area contributed by atoms with Crippen molar-refractivity contribution < 1.29 is 9.53 Å². The molecule has 1 saturated carbocycles. The average molecular weight is 348 g/mol. The molecule has 1 aliphatic rings. The molecule has 24 heavy (non-hydrogen) atoms. The summed E-state index contributed by atoms with van der Waals surface area (Å²) in [4.78, 5) is 16.5. The van der Waals surface area contributed by atoms with Gasteiger partial charge in [-0.15, -0.1) is 0 Å². The number of nitrogens with two attached hydrogens (primary N) is 1. The van der Waals surface area contributed by atoms with Crippen molar-refractivity contribution in [2.45, 2.75) is 31.7 Å². The van der Waals surface area contributed by atoms with Gasteiger partial charge in [0.25, 0.3) is 5.91 Å². The Labute approximate surface area is 146 Å². The van der Waals surface area contributed by atoms with E-state index in [0.717, 1.165) is 24.6 Å². The van der Waals surface area contributed by atoms with Crippen LogP contribution in [-0.4, -0.2) is 30.1 Å². The molecule has 1 heterocycles. The van der Waals surface area contributed by atoms with Gasteiger partial charge in [-0.3, -0.25) is 9.78 Å². The summed E-state index contributed by atoms with van der Waals surface area (Å²) in [6.07, 6.45) is 6.06. The van der Waals surface area contributed by atoms with Crippen LogP contribution < -0.4 is 15.8 Å². The maximum absolute atomic E-state index is 12.2. The standard InChI is InChI=1S/C18H22ClN3O2/c19-14-7-8-16(18-13(14)5-3-9-21-18)24-11-17(23)22-15-6-2-1-4-12(15)10-20/h3,5,7-9,12,15H,1-2,4,6,10-11,20H2,(H,22,23). The Bertz CT molecular complexity index is 722. The molecule has 2 aromatic rings. The molecule has 1 aliphatic carbocycles. The van der Waals surface area contributed by atoms with Crippen molar-refractivity contribution in [3.05, 3.63) is 35.5 Å². The molecule has 3 rings (SSSR count). The molecule has 1 aromatic carbocycles. The van der Waals surface area contributed by atoms with Crippen LogP contribution in [0.5, 0.6) is 5.75 Å². The number of hydrogen-bond donors (Lipinski definition) is 2. The van der Waals surface area contributed by atoms with Crippen molar-refractivity contribution in [2.75, 3.05) is 13.2 Å². The van der Waals surface area contributed by atoms with E-state index in [1.54, 1.807) is 18.3 Å². The van der Waals surface area contributed by atoms with Gasteiger partial charge >= 0.3 is 0 Å². The number of hydrogen-bond acceptors (Lipinski definition) is 4. The molecule has 3 N–H and O–H groups in total. The first kappa shape index (κ1) is 17.0. The molecule has 2 atom stereocenters.